The summed E-state index contributed by atoms with van der Waals surface area (Å²) in [7, 11) is 0. The molecule has 2 aromatic heterocycles. The van der Waals surface area contributed by atoms with Gasteiger partial charge in [-0.15, -0.1) is 0 Å². The number of aromatic nitrogens is 2. The maximum atomic E-state index is 13.6. The van der Waals surface area contributed by atoms with Crippen LogP contribution in [0.4, 0.5) is 29.1 Å². The quantitative estimate of drug-likeness (QED) is 0.389. The highest BCUT2D eigenvalue weighted by Crippen LogP contribution is 2.29. The van der Waals surface area contributed by atoms with E-state index in [0.29, 0.717) is 33.7 Å². The minimum atomic E-state index is -4.40. The number of hydrogen-bond donors (Lipinski definition) is 2. The summed E-state index contributed by atoms with van der Waals surface area (Å²) in [6.45, 7) is 0.0141. The molecule has 0 aliphatic carbocycles. The maximum Gasteiger partial charge on any atom is 0.416 e. The summed E-state index contributed by atoms with van der Waals surface area (Å²) in [5.74, 6) is 0.291. The molecule has 5 nitrogen and oxygen atoms in total. The average molecular weight is 426 g/mol. The minimum absolute atomic E-state index is 0.0141. The monoisotopic (exact) mass is 426 g/mol. The molecule has 31 heavy (non-hydrogen) atoms. The van der Waals surface area contributed by atoms with Gasteiger partial charge in [0.05, 0.1) is 11.1 Å². The topological polar surface area (TPSA) is 73.7 Å². The summed E-state index contributed by atoms with van der Waals surface area (Å²) in [4.78, 5) is 6.98. The largest absolute Gasteiger partial charge is 0.489 e. The Morgan fingerprint density at radius 1 is 1.06 bits per heavy atom. The summed E-state index contributed by atoms with van der Waals surface area (Å²) in [5.41, 5.74) is 1.11. The minimum Gasteiger partial charge on any atom is -0.489 e. The zero-order valence-electron chi connectivity index (χ0n) is 15.8. The second-order valence-electron chi connectivity index (χ2n) is 6.69. The number of benzene rings is 2. The van der Waals surface area contributed by atoms with Crippen molar-refractivity contribution >= 4 is 22.4 Å². The first-order valence-corrected chi connectivity index (χ1v) is 9.06. The Hall–Kier alpha value is -4.06. The van der Waals surface area contributed by atoms with Crippen LogP contribution in [0, 0.1) is 17.1 Å². The highest BCUT2D eigenvalue weighted by Gasteiger charge is 2.29. The van der Waals surface area contributed by atoms with E-state index < -0.39 is 11.7 Å². The molecule has 0 amide bonds. The highest BCUT2D eigenvalue weighted by molar-refractivity contribution is 5.84. The first-order chi connectivity index (χ1) is 14.8. The fourth-order valence-corrected chi connectivity index (χ4v) is 2.98. The number of halogens is 4. The lowest BCUT2D eigenvalue weighted by atomic mass is 10.1. The average Bonchev–Trinajstić information content (AvgIpc) is 3.12. The van der Waals surface area contributed by atoms with Gasteiger partial charge < -0.3 is 15.0 Å². The van der Waals surface area contributed by atoms with Crippen molar-refractivity contribution in [1.29, 1.82) is 5.26 Å². The van der Waals surface area contributed by atoms with Crippen molar-refractivity contribution in [3.8, 4) is 11.8 Å². The summed E-state index contributed by atoms with van der Waals surface area (Å²) in [5, 5.41) is 12.7. The van der Waals surface area contributed by atoms with Gasteiger partial charge in [0, 0.05) is 29.4 Å². The Bertz CT molecular complexity index is 1270. The second-order valence-corrected chi connectivity index (χ2v) is 6.69. The first-order valence-electron chi connectivity index (χ1n) is 9.06. The summed E-state index contributed by atoms with van der Waals surface area (Å²) in [6, 6.07) is 14.5. The van der Waals surface area contributed by atoms with E-state index in [1.54, 1.807) is 24.3 Å². The third-order valence-corrected chi connectivity index (χ3v) is 4.50. The molecule has 0 unspecified atom stereocenters. The number of rotatable bonds is 5. The zero-order valence-corrected chi connectivity index (χ0v) is 15.8. The first kappa shape index (κ1) is 20.2. The molecule has 4 rings (SSSR count). The number of ether oxygens (including phenoxy) is 1. The molecule has 0 aliphatic rings. The van der Waals surface area contributed by atoms with Crippen LogP contribution in [0.5, 0.6) is 5.75 Å². The smallest absolute Gasteiger partial charge is 0.416 e. The molecule has 0 saturated carbocycles. The van der Waals surface area contributed by atoms with Crippen LogP contribution < -0.4 is 10.1 Å². The number of nitrogens with zero attached hydrogens (tertiary/aromatic N) is 2. The van der Waals surface area contributed by atoms with Crippen molar-refractivity contribution in [3.63, 3.8) is 0 Å². The van der Waals surface area contributed by atoms with Gasteiger partial charge in [0.2, 0.25) is 0 Å². The van der Waals surface area contributed by atoms with Crippen LogP contribution in [0.15, 0.2) is 60.8 Å². The Labute approximate surface area is 173 Å². The number of fused-ring (bicyclic) bond motifs is 1. The standard InChI is InChI=1S/C22H14F4N4O/c23-19-11-28-20-8-15(5-6-18(19)20)29-21-9-17(7-16(10-27)30-21)31-12-13-1-3-14(4-2-13)22(24,25)26/h1-9,11,28H,12H2,(H,29,30). The molecule has 4 aromatic rings. The van der Waals surface area contributed by atoms with E-state index in [0.717, 1.165) is 12.1 Å². The molecule has 0 aliphatic heterocycles. The van der Waals surface area contributed by atoms with E-state index in [1.807, 2.05) is 6.07 Å². The van der Waals surface area contributed by atoms with Gasteiger partial charge in [0.1, 0.15) is 35.8 Å². The van der Waals surface area contributed by atoms with Gasteiger partial charge in [-0.25, -0.2) is 9.37 Å². The maximum absolute atomic E-state index is 13.6. The van der Waals surface area contributed by atoms with Gasteiger partial charge in [-0.05, 0) is 35.9 Å². The van der Waals surface area contributed by atoms with Crippen molar-refractivity contribution in [3.05, 3.63) is 83.4 Å². The number of anilines is 2. The Balaban J connectivity index is 1.51. The Morgan fingerprint density at radius 3 is 2.55 bits per heavy atom. The number of alkyl halides is 3. The van der Waals surface area contributed by atoms with Crippen molar-refractivity contribution in [1.82, 2.24) is 9.97 Å². The third kappa shape index (κ3) is 4.59. The van der Waals surface area contributed by atoms with Crippen LogP contribution in [0.3, 0.4) is 0 Å². The van der Waals surface area contributed by atoms with Crippen LogP contribution in [0.2, 0.25) is 0 Å². The molecule has 156 valence electrons. The number of H-pyrrole nitrogens is 1. The molecule has 0 bridgehead atoms. The molecule has 2 N–H and O–H groups in total. The van der Waals surface area contributed by atoms with Crippen molar-refractivity contribution in [2.24, 2.45) is 0 Å². The predicted molar refractivity (Wildman–Crippen MR) is 106 cm³/mol. The van der Waals surface area contributed by atoms with Gasteiger partial charge in [0.25, 0.3) is 0 Å². The van der Waals surface area contributed by atoms with Gasteiger partial charge in [-0.2, -0.15) is 18.4 Å². The summed E-state index contributed by atoms with van der Waals surface area (Å²) < 4.78 is 57.2. The summed E-state index contributed by atoms with van der Waals surface area (Å²) >= 11 is 0. The van der Waals surface area contributed by atoms with E-state index in [4.69, 9.17) is 4.74 Å². The molecule has 9 heteroatoms. The predicted octanol–water partition coefficient (Wildman–Crippen LogP) is 5.92. The van der Waals surface area contributed by atoms with Crippen molar-refractivity contribution in [2.45, 2.75) is 12.8 Å². The molecule has 2 aromatic carbocycles. The SMILES string of the molecule is N#Cc1cc(OCc2ccc(C(F)(F)F)cc2)cc(Nc2ccc3c(F)c[nH]c3c2)n1. The van der Waals surface area contributed by atoms with Crippen molar-refractivity contribution in [2.75, 3.05) is 5.32 Å². The number of pyridine rings is 1. The number of aromatic amines is 1. The fourth-order valence-electron chi connectivity index (χ4n) is 2.98. The van der Waals surface area contributed by atoms with Crippen LogP contribution in [-0.4, -0.2) is 9.97 Å². The zero-order chi connectivity index (χ0) is 22.0. The third-order valence-electron chi connectivity index (χ3n) is 4.50. The van der Waals surface area contributed by atoms with Gasteiger partial charge in [-0.1, -0.05) is 12.1 Å². The lowest BCUT2D eigenvalue weighted by Gasteiger charge is -2.11. The molecule has 0 spiro atoms. The lowest BCUT2D eigenvalue weighted by Crippen LogP contribution is -2.05. The lowest BCUT2D eigenvalue weighted by molar-refractivity contribution is -0.137. The van der Waals surface area contributed by atoms with E-state index in [2.05, 4.69) is 15.3 Å². The van der Waals surface area contributed by atoms with Crippen LogP contribution in [0.1, 0.15) is 16.8 Å². The highest BCUT2D eigenvalue weighted by atomic mass is 19.4. The number of nitrogens with one attached hydrogen (secondary N) is 2. The molecule has 0 fully saturated rings. The molecule has 0 radical (unpaired) electrons. The van der Waals surface area contributed by atoms with Crippen molar-refractivity contribution < 1.29 is 22.3 Å². The molecule has 0 atom stereocenters. The van der Waals surface area contributed by atoms with Gasteiger partial charge in [0.15, 0.2) is 0 Å². The van der Waals surface area contributed by atoms with Gasteiger partial charge in [-0.3, -0.25) is 0 Å². The van der Waals surface area contributed by atoms with Crippen LogP contribution >= 0.6 is 0 Å². The number of nitriles is 1. The molecular formula is C22H14F4N4O. The van der Waals surface area contributed by atoms with Gasteiger partial charge >= 0.3 is 6.18 Å². The van der Waals surface area contributed by atoms with E-state index in [-0.39, 0.29) is 18.1 Å². The second kappa shape index (κ2) is 7.99. The molecule has 2 heterocycles. The Kier molecular flexibility index (Phi) is 5.21. The van der Waals surface area contributed by atoms with E-state index >= 15 is 0 Å². The summed E-state index contributed by atoms with van der Waals surface area (Å²) in [6.07, 6.45) is -3.14. The van der Waals surface area contributed by atoms with E-state index in [1.165, 1.54) is 24.4 Å². The normalized spacial score (nSPS) is 11.3. The molecular weight excluding hydrogens is 412 g/mol. The van der Waals surface area contributed by atoms with E-state index in [9.17, 15) is 22.8 Å². The Morgan fingerprint density at radius 2 is 1.84 bits per heavy atom. The van der Waals surface area contributed by atoms with Crippen LogP contribution in [0.25, 0.3) is 10.9 Å². The molecule has 0 saturated heterocycles. The fraction of sp³-hybridized carbons (Fsp3) is 0.0909. The van der Waals surface area contributed by atoms with Crippen LogP contribution in [-0.2, 0) is 12.8 Å². The number of hydrogen-bond acceptors (Lipinski definition) is 4.